The molecule has 2 nitrogen and oxygen atoms in total. The molecule has 0 aliphatic carbocycles. The van der Waals surface area contributed by atoms with Crippen molar-refractivity contribution in [1.29, 1.82) is 0 Å². The minimum atomic E-state index is 0.642. The number of hydrogen-bond donors (Lipinski definition) is 0. The number of pyridine rings is 1. The first-order chi connectivity index (χ1) is 5.36. The van der Waals surface area contributed by atoms with Gasteiger partial charge in [-0.05, 0) is 25.1 Å². The van der Waals surface area contributed by atoms with Crippen LogP contribution in [0.2, 0.25) is 0 Å². The van der Waals surface area contributed by atoms with Gasteiger partial charge in [-0.1, -0.05) is 6.08 Å². The topological polar surface area (TPSA) is 22.1 Å². The third-order valence-electron chi connectivity index (χ3n) is 1.64. The van der Waals surface area contributed by atoms with Crippen molar-refractivity contribution < 1.29 is 4.74 Å². The third kappa shape index (κ3) is 1.11. The highest BCUT2D eigenvalue weighted by Gasteiger charge is 2.05. The molecule has 1 aromatic rings. The minimum Gasteiger partial charge on any atom is -0.473 e. The zero-order valence-electron chi connectivity index (χ0n) is 6.37. The third-order valence-corrected chi connectivity index (χ3v) is 1.64. The first-order valence-electron chi connectivity index (χ1n) is 3.63. The minimum absolute atomic E-state index is 0.642. The van der Waals surface area contributed by atoms with Crippen LogP contribution in [0, 0.1) is 6.92 Å². The Balaban J connectivity index is 2.53. The monoisotopic (exact) mass is 147 g/mol. The molecule has 11 heavy (non-hydrogen) atoms. The fraction of sp³-hybridized carbons (Fsp3) is 0.222. The molecule has 1 aliphatic heterocycles. The van der Waals surface area contributed by atoms with Crippen molar-refractivity contribution in [2.24, 2.45) is 0 Å². The maximum Gasteiger partial charge on any atom is 0.221 e. The zero-order chi connectivity index (χ0) is 7.68. The van der Waals surface area contributed by atoms with E-state index in [1.165, 1.54) is 0 Å². The van der Waals surface area contributed by atoms with Crippen LogP contribution in [0.3, 0.4) is 0 Å². The van der Waals surface area contributed by atoms with E-state index in [-0.39, 0.29) is 0 Å². The summed E-state index contributed by atoms with van der Waals surface area (Å²) in [7, 11) is 0. The van der Waals surface area contributed by atoms with Crippen LogP contribution in [-0.4, -0.2) is 11.6 Å². The van der Waals surface area contributed by atoms with E-state index in [4.69, 9.17) is 4.74 Å². The number of fused-ring (bicyclic) bond motifs is 1. The van der Waals surface area contributed by atoms with E-state index in [9.17, 15) is 0 Å². The largest absolute Gasteiger partial charge is 0.473 e. The van der Waals surface area contributed by atoms with Gasteiger partial charge in [0, 0.05) is 11.3 Å². The first kappa shape index (κ1) is 6.40. The molecule has 0 atom stereocenters. The van der Waals surface area contributed by atoms with Gasteiger partial charge in [0.2, 0.25) is 5.88 Å². The second kappa shape index (κ2) is 2.38. The highest BCUT2D eigenvalue weighted by atomic mass is 16.5. The number of aromatic nitrogens is 1. The van der Waals surface area contributed by atoms with Gasteiger partial charge < -0.3 is 4.74 Å². The summed E-state index contributed by atoms with van der Waals surface area (Å²) in [6, 6.07) is 4.01. The van der Waals surface area contributed by atoms with E-state index < -0.39 is 0 Å². The standard InChI is InChI=1S/C9H9NO/c1-7-4-5-8-3-2-6-11-9(8)10-7/h2-5H,6H2,1H3. The van der Waals surface area contributed by atoms with Crippen LogP contribution >= 0.6 is 0 Å². The highest BCUT2D eigenvalue weighted by molar-refractivity contribution is 5.56. The molecule has 0 saturated heterocycles. The summed E-state index contributed by atoms with van der Waals surface area (Å²) in [6.45, 7) is 2.60. The summed E-state index contributed by atoms with van der Waals surface area (Å²) < 4.78 is 5.31. The molecule has 0 spiro atoms. The molecule has 2 heteroatoms. The average molecular weight is 147 g/mol. The van der Waals surface area contributed by atoms with Crippen molar-refractivity contribution in [2.75, 3.05) is 6.61 Å². The Kier molecular flexibility index (Phi) is 1.39. The van der Waals surface area contributed by atoms with Gasteiger partial charge >= 0.3 is 0 Å². The predicted octanol–water partition coefficient (Wildman–Crippen LogP) is 1.80. The van der Waals surface area contributed by atoms with Gasteiger partial charge in [0.25, 0.3) is 0 Å². The predicted molar refractivity (Wildman–Crippen MR) is 43.5 cm³/mol. The lowest BCUT2D eigenvalue weighted by atomic mass is 10.2. The van der Waals surface area contributed by atoms with E-state index in [2.05, 4.69) is 4.98 Å². The summed E-state index contributed by atoms with van der Waals surface area (Å²) in [5.74, 6) is 0.757. The van der Waals surface area contributed by atoms with Gasteiger partial charge in [-0.2, -0.15) is 0 Å². The Bertz CT molecular complexity index is 304. The van der Waals surface area contributed by atoms with E-state index in [0.29, 0.717) is 6.61 Å². The van der Waals surface area contributed by atoms with Crippen LogP contribution in [0.1, 0.15) is 11.3 Å². The van der Waals surface area contributed by atoms with Crippen molar-refractivity contribution in [3.8, 4) is 5.88 Å². The maximum absolute atomic E-state index is 5.31. The number of nitrogens with zero attached hydrogens (tertiary/aromatic N) is 1. The number of hydrogen-bond acceptors (Lipinski definition) is 2. The summed E-state index contributed by atoms with van der Waals surface area (Å²) >= 11 is 0. The molecule has 1 aliphatic rings. The Morgan fingerprint density at radius 2 is 2.36 bits per heavy atom. The van der Waals surface area contributed by atoms with E-state index in [1.54, 1.807) is 0 Å². The molecule has 0 amide bonds. The summed E-state index contributed by atoms with van der Waals surface area (Å²) in [4.78, 5) is 4.24. The van der Waals surface area contributed by atoms with Crippen molar-refractivity contribution in [1.82, 2.24) is 4.98 Å². The lowest BCUT2D eigenvalue weighted by Crippen LogP contribution is -2.02. The van der Waals surface area contributed by atoms with Crippen molar-refractivity contribution in [3.05, 3.63) is 29.5 Å². The number of ether oxygens (including phenoxy) is 1. The SMILES string of the molecule is Cc1ccc2c(n1)OCC=C2. The zero-order valence-corrected chi connectivity index (χ0v) is 6.37. The van der Waals surface area contributed by atoms with E-state index in [1.807, 2.05) is 31.2 Å². The van der Waals surface area contributed by atoms with Gasteiger partial charge in [-0.25, -0.2) is 4.98 Å². The second-order valence-electron chi connectivity index (χ2n) is 2.56. The molecule has 0 aromatic carbocycles. The Morgan fingerprint density at radius 3 is 3.27 bits per heavy atom. The molecule has 0 unspecified atom stereocenters. The van der Waals surface area contributed by atoms with E-state index in [0.717, 1.165) is 17.1 Å². The maximum atomic E-state index is 5.31. The fourth-order valence-corrected chi connectivity index (χ4v) is 1.09. The molecule has 0 radical (unpaired) electrons. The van der Waals surface area contributed by atoms with Gasteiger partial charge in [0.05, 0.1) is 0 Å². The lowest BCUT2D eigenvalue weighted by molar-refractivity contribution is 0.343. The molecule has 0 saturated carbocycles. The summed E-state index contributed by atoms with van der Waals surface area (Å²) in [6.07, 6.45) is 4.02. The van der Waals surface area contributed by atoms with Crippen LogP contribution in [-0.2, 0) is 0 Å². The number of rotatable bonds is 0. The normalized spacial score (nSPS) is 13.9. The van der Waals surface area contributed by atoms with Crippen LogP contribution in [0.15, 0.2) is 18.2 Å². The Morgan fingerprint density at radius 1 is 1.45 bits per heavy atom. The Hall–Kier alpha value is -1.31. The molecular formula is C9H9NO. The number of aryl methyl sites for hydroxylation is 1. The van der Waals surface area contributed by atoms with Crippen molar-refractivity contribution in [2.45, 2.75) is 6.92 Å². The lowest BCUT2D eigenvalue weighted by Gasteiger charge is -2.10. The smallest absolute Gasteiger partial charge is 0.221 e. The average Bonchev–Trinajstić information content (AvgIpc) is 2.04. The van der Waals surface area contributed by atoms with Crippen molar-refractivity contribution in [3.63, 3.8) is 0 Å². The van der Waals surface area contributed by atoms with Crippen molar-refractivity contribution >= 4 is 6.08 Å². The molecule has 2 rings (SSSR count). The Labute approximate surface area is 65.5 Å². The van der Waals surface area contributed by atoms with E-state index >= 15 is 0 Å². The molecule has 2 heterocycles. The van der Waals surface area contributed by atoms with Gasteiger partial charge in [-0.15, -0.1) is 0 Å². The second-order valence-corrected chi connectivity index (χ2v) is 2.56. The van der Waals surface area contributed by atoms with Gasteiger partial charge in [-0.3, -0.25) is 0 Å². The molecular weight excluding hydrogens is 138 g/mol. The molecule has 0 N–H and O–H groups in total. The van der Waals surface area contributed by atoms with Crippen LogP contribution in [0.4, 0.5) is 0 Å². The molecule has 56 valence electrons. The first-order valence-corrected chi connectivity index (χ1v) is 3.63. The van der Waals surface area contributed by atoms with Crippen LogP contribution in [0.5, 0.6) is 5.88 Å². The van der Waals surface area contributed by atoms with Crippen LogP contribution < -0.4 is 4.74 Å². The summed E-state index contributed by atoms with van der Waals surface area (Å²) in [5, 5.41) is 0. The van der Waals surface area contributed by atoms with Crippen LogP contribution in [0.25, 0.3) is 6.08 Å². The molecule has 1 aromatic heterocycles. The molecule has 0 fully saturated rings. The molecule has 0 bridgehead atoms. The van der Waals surface area contributed by atoms with Gasteiger partial charge in [0.15, 0.2) is 0 Å². The fourth-order valence-electron chi connectivity index (χ4n) is 1.09. The van der Waals surface area contributed by atoms with Gasteiger partial charge in [0.1, 0.15) is 6.61 Å². The quantitative estimate of drug-likeness (QED) is 0.558. The highest BCUT2D eigenvalue weighted by Crippen LogP contribution is 2.20. The summed E-state index contributed by atoms with van der Waals surface area (Å²) in [5.41, 5.74) is 2.07.